The highest BCUT2D eigenvalue weighted by molar-refractivity contribution is 8.05. The summed E-state index contributed by atoms with van der Waals surface area (Å²) in [7, 11) is 4.13. The van der Waals surface area contributed by atoms with Crippen LogP contribution in [-0.2, 0) is 0 Å². The molecule has 0 aromatic heterocycles. The molecule has 5 heteroatoms. The van der Waals surface area contributed by atoms with Crippen molar-refractivity contribution in [1.82, 2.24) is 4.90 Å². The maximum Gasteiger partial charge on any atom is 0.197 e. The molecule has 0 fully saturated rings. The van der Waals surface area contributed by atoms with E-state index < -0.39 is 0 Å². The summed E-state index contributed by atoms with van der Waals surface area (Å²) in [6.07, 6.45) is 12.6. The molecule has 2 N–H and O–H groups in total. The quantitative estimate of drug-likeness (QED) is 0.547. The van der Waals surface area contributed by atoms with Crippen molar-refractivity contribution in [3.8, 4) is 0 Å². The van der Waals surface area contributed by atoms with Crippen molar-refractivity contribution in [2.45, 2.75) is 11.3 Å². The summed E-state index contributed by atoms with van der Waals surface area (Å²) < 4.78 is 0. The minimum atomic E-state index is 0. The van der Waals surface area contributed by atoms with Gasteiger partial charge in [-0.1, -0.05) is 6.08 Å². The Morgan fingerprint density at radius 1 is 1.26 bits per heavy atom. The first kappa shape index (κ1) is 14.2. The number of nitrogens with zero attached hydrogens (tertiary/aromatic N) is 2. The lowest BCUT2D eigenvalue weighted by molar-refractivity contribution is -0.110. The fourth-order valence-corrected chi connectivity index (χ4v) is 3.42. The van der Waals surface area contributed by atoms with Gasteiger partial charge in [0.1, 0.15) is 0 Å². The number of aliphatic imine (C=N–C) groups is 1. The second-order valence-corrected chi connectivity index (χ2v) is 5.99. The van der Waals surface area contributed by atoms with Gasteiger partial charge in [0, 0.05) is 36.8 Å². The molecule has 0 bridgehead atoms. The third kappa shape index (κ3) is 2.69. The van der Waals surface area contributed by atoms with Crippen LogP contribution in [0.3, 0.4) is 0 Å². The maximum atomic E-state index is 5.83. The van der Waals surface area contributed by atoms with Crippen molar-refractivity contribution < 1.29 is 17.8 Å². The van der Waals surface area contributed by atoms with Crippen molar-refractivity contribution in [1.29, 1.82) is 0 Å². The van der Waals surface area contributed by atoms with Crippen molar-refractivity contribution in [3.63, 3.8) is 0 Å². The molecule has 0 radical (unpaired) electrons. The van der Waals surface area contributed by atoms with Gasteiger partial charge in [-0.05, 0) is 18.2 Å². The lowest BCUT2D eigenvalue weighted by Gasteiger charge is -2.31. The second kappa shape index (κ2) is 5.39. The van der Waals surface area contributed by atoms with Gasteiger partial charge in [-0.2, -0.15) is 0 Å². The van der Waals surface area contributed by atoms with Gasteiger partial charge in [0.15, 0.2) is 5.71 Å². The summed E-state index contributed by atoms with van der Waals surface area (Å²) in [4.78, 5) is 8.08. The number of likely N-dealkylation sites (N-methyl/N-ethyl adjacent to an activating group) is 1. The lowest BCUT2D eigenvalue weighted by Crippen LogP contribution is -3.00. The Hall–Kier alpha value is -1.26. The van der Waals surface area contributed by atoms with E-state index in [1.807, 2.05) is 30.0 Å². The van der Waals surface area contributed by atoms with E-state index in [2.05, 4.69) is 37.2 Å². The van der Waals surface area contributed by atoms with Gasteiger partial charge >= 0.3 is 0 Å². The minimum Gasteiger partial charge on any atom is -1.00 e. The van der Waals surface area contributed by atoms with Gasteiger partial charge in [-0.3, -0.25) is 10.4 Å². The Morgan fingerprint density at radius 3 is 2.79 bits per heavy atom. The van der Waals surface area contributed by atoms with Crippen molar-refractivity contribution in [2.75, 3.05) is 14.1 Å². The SMILES string of the molecule is CN(C)C1=CC2SC3=CC(=[NH2+])C=CC3=NC2C=C1.[Cl-]. The Morgan fingerprint density at radius 2 is 2.05 bits per heavy atom. The monoisotopic (exact) mass is 293 g/mol. The normalized spacial score (nSPS) is 27.5. The predicted octanol–water partition coefficient (Wildman–Crippen LogP) is -2.42. The second-order valence-electron chi connectivity index (χ2n) is 4.77. The van der Waals surface area contributed by atoms with Crippen LogP contribution in [0.2, 0.25) is 0 Å². The summed E-state index contributed by atoms with van der Waals surface area (Å²) in [5.74, 6) is 0. The van der Waals surface area contributed by atoms with Crippen LogP contribution in [-0.4, -0.2) is 41.7 Å². The summed E-state index contributed by atoms with van der Waals surface area (Å²) in [6.45, 7) is 0. The first-order valence-electron chi connectivity index (χ1n) is 5.98. The van der Waals surface area contributed by atoms with Crippen molar-refractivity contribution >= 4 is 23.2 Å². The Labute approximate surface area is 123 Å². The molecule has 3 rings (SSSR count). The molecule has 1 aliphatic heterocycles. The smallest absolute Gasteiger partial charge is 0.197 e. The first-order valence-corrected chi connectivity index (χ1v) is 6.86. The number of hydrogen-bond acceptors (Lipinski definition) is 3. The van der Waals surface area contributed by atoms with Crippen LogP contribution in [0.1, 0.15) is 0 Å². The van der Waals surface area contributed by atoms with E-state index in [0.29, 0.717) is 5.25 Å². The molecule has 0 saturated heterocycles. The van der Waals surface area contributed by atoms with Crippen LogP contribution in [0, 0.1) is 0 Å². The van der Waals surface area contributed by atoms with Crippen LogP contribution >= 0.6 is 11.8 Å². The lowest BCUT2D eigenvalue weighted by atomic mass is 10.0. The molecule has 1 heterocycles. The van der Waals surface area contributed by atoms with E-state index in [1.165, 1.54) is 10.6 Å². The van der Waals surface area contributed by atoms with Gasteiger partial charge in [0.05, 0.1) is 17.0 Å². The zero-order valence-electron chi connectivity index (χ0n) is 10.9. The van der Waals surface area contributed by atoms with Gasteiger partial charge in [-0.25, -0.2) is 0 Å². The van der Waals surface area contributed by atoms with Crippen molar-refractivity contribution in [2.24, 2.45) is 4.99 Å². The molecule has 2 atom stereocenters. The molecule has 0 aromatic carbocycles. The van der Waals surface area contributed by atoms with Crippen LogP contribution in [0.4, 0.5) is 0 Å². The first-order chi connectivity index (χ1) is 8.63. The minimum absolute atomic E-state index is 0. The molecule has 0 saturated carbocycles. The third-order valence-electron chi connectivity index (χ3n) is 3.19. The number of thioether (sulfide) groups is 1. The molecule has 2 aliphatic carbocycles. The Bertz CT molecular complexity index is 555. The van der Waals surface area contributed by atoms with Crippen LogP contribution in [0.25, 0.3) is 0 Å². The summed E-state index contributed by atoms with van der Waals surface area (Å²) in [5.41, 5.74) is 3.10. The Kier molecular flexibility index (Phi) is 4.02. The molecule has 19 heavy (non-hydrogen) atoms. The molecule has 100 valence electrons. The van der Waals surface area contributed by atoms with Gasteiger partial charge in [-0.15, -0.1) is 11.8 Å². The highest BCUT2D eigenvalue weighted by Gasteiger charge is 2.30. The van der Waals surface area contributed by atoms with Gasteiger partial charge in [0.2, 0.25) is 0 Å². The highest BCUT2D eigenvalue weighted by Crippen LogP contribution is 2.37. The zero-order chi connectivity index (χ0) is 12.7. The van der Waals surface area contributed by atoms with E-state index in [1.54, 1.807) is 0 Å². The number of nitrogens with two attached hydrogens (primary N) is 1. The topological polar surface area (TPSA) is 41.2 Å². The van der Waals surface area contributed by atoms with E-state index in [-0.39, 0.29) is 18.4 Å². The summed E-state index contributed by atoms with van der Waals surface area (Å²) >= 11 is 1.85. The largest absolute Gasteiger partial charge is 1.00 e. The van der Waals surface area contributed by atoms with Crippen LogP contribution in [0.15, 0.2) is 52.1 Å². The number of halogens is 1. The fourth-order valence-electron chi connectivity index (χ4n) is 2.19. The molecule has 3 nitrogen and oxygen atoms in total. The molecule has 2 unspecified atom stereocenters. The molecular formula is C14H16ClN3S. The van der Waals surface area contributed by atoms with Gasteiger partial charge in [0.25, 0.3) is 0 Å². The Balaban J connectivity index is 0.00000133. The molecule has 0 aromatic rings. The van der Waals surface area contributed by atoms with Crippen LogP contribution in [0.5, 0.6) is 0 Å². The third-order valence-corrected chi connectivity index (χ3v) is 4.46. The number of fused-ring (bicyclic) bond motifs is 2. The van der Waals surface area contributed by atoms with Crippen molar-refractivity contribution in [3.05, 3.63) is 47.1 Å². The summed E-state index contributed by atoms with van der Waals surface area (Å²) in [6, 6.07) is 0.245. The molecule has 0 spiro atoms. The number of rotatable bonds is 1. The van der Waals surface area contributed by atoms with Crippen LogP contribution < -0.4 is 17.8 Å². The average molecular weight is 294 g/mol. The average Bonchev–Trinajstić information content (AvgIpc) is 2.35. The summed E-state index contributed by atoms with van der Waals surface area (Å²) in [5, 5.41) is 6.21. The van der Waals surface area contributed by atoms with E-state index in [4.69, 9.17) is 10.4 Å². The van der Waals surface area contributed by atoms with Gasteiger partial charge < -0.3 is 17.3 Å². The molecule has 3 aliphatic rings. The van der Waals surface area contributed by atoms with E-state index >= 15 is 0 Å². The predicted molar refractivity (Wildman–Crippen MR) is 77.7 cm³/mol. The zero-order valence-corrected chi connectivity index (χ0v) is 12.4. The number of allylic oxidation sites excluding steroid dienone is 5. The fraction of sp³-hybridized carbons (Fsp3) is 0.286. The van der Waals surface area contributed by atoms with E-state index in [9.17, 15) is 0 Å². The standard InChI is InChI=1S/C14H15N3S.ClH/c1-17(2)10-4-6-12-14(8-10)18-13-7-9(15)3-5-11(13)16-12;/h3-8,12,14-15H,1-2H3;1H. The molecule has 0 amide bonds. The molecular weight excluding hydrogens is 278 g/mol. The number of hydrogen-bond donors (Lipinski definition) is 1. The maximum absolute atomic E-state index is 5.83. The van der Waals surface area contributed by atoms with E-state index in [0.717, 1.165) is 11.4 Å². The highest BCUT2D eigenvalue weighted by atomic mass is 35.5.